The van der Waals surface area contributed by atoms with Crippen molar-refractivity contribution in [2.45, 2.75) is 74.6 Å². The highest BCUT2D eigenvalue weighted by Crippen LogP contribution is 2.69. The molecule has 3 heterocycles. The number of nitrogens with zero attached hydrogens (tertiary/aromatic N) is 2. The van der Waals surface area contributed by atoms with Crippen LogP contribution in [-0.2, 0) is 25.7 Å². The van der Waals surface area contributed by atoms with E-state index in [1.54, 1.807) is 27.6 Å². The van der Waals surface area contributed by atoms with E-state index < -0.39 is 28.7 Å². The van der Waals surface area contributed by atoms with Crippen molar-refractivity contribution >= 4 is 29.5 Å². The summed E-state index contributed by atoms with van der Waals surface area (Å²) in [5.74, 6) is -1.88. The maximum Gasteiger partial charge on any atom is 0.310 e. The molecular weight excluding hydrogens is 512 g/mol. The summed E-state index contributed by atoms with van der Waals surface area (Å²) in [6.07, 6.45) is 7.31. The largest absolute Gasteiger partial charge is 0.465 e. The van der Waals surface area contributed by atoms with Crippen molar-refractivity contribution in [3.8, 4) is 0 Å². The summed E-state index contributed by atoms with van der Waals surface area (Å²) in [6, 6.07) is 8.49. The topological polar surface area (TPSA) is 87.2 Å². The molecule has 8 heteroatoms. The summed E-state index contributed by atoms with van der Waals surface area (Å²) in [4.78, 5) is 45.6. The molecule has 3 fully saturated rings. The van der Waals surface area contributed by atoms with Crippen molar-refractivity contribution in [3.63, 3.8) is 0 Å². The molecule has 2 amide bonds. The Labute approximate surface area is 236 Å². The Morgan fingerprint density at radius 3 is 2.64 bits per heavy atom. The van der Waals surface area contributed by atoms with E-state index in [1.807, 2.05) is 43.3 Å². The first-order valence-corrected chi connectivity index (χ1v) is 15.1. The number of esters is 1. The quantitative estimate of drug-likeness (QED) is 0.211. The molecule has 3 saturated heterocycles. The SMILES string of the molecule is C=CCCCCOC(=O)[C@@H]1[C@@H]2CC(C)C3(S2)C(C(=O)N(CC=C)Cc2ccccc2)N([C@@H](CC)CO)C(=O)[C@H]13. The minimum absolute atomic E-state index is 0.0514. The van der Waals surface area contributed by atoms with Gasteiger partial charge in [-0.25, -0.2) is 0 Å². The minimum atomic E-state index is -0.772. The van der Waals surface area contributed by atoms with E-state index in [0.29, 0.717) is 26.1 Å². The first kappa shape index (κ1) is 29.4. The number of hydrogen-bond donors (Lipinski definition) is 1. The zero-order chi connectivity index (χ0) is 28.2. The Morgan fingerprint density at radius 1 is 1.26 bits per heavy atom. The van der Waals surface area contributed by atoms with Gasteiger partial charge in [-0.05, 0) is 43.6 Å². The van der Waals surface area contributed by atoms with Gasteiger partial charge >= 0.3 is 5.97 Å². The highest BCUT2D eigenvalue weighted by Gasteiger charge is 2.77. The van der Waals surface area contributed by atoms with E-state index in [0.717, 1.165) is 31.2 Å². The number of aliphatic hydroxyl groups is 1. The predicted octanol–water partition coefficient (Wildman–Crippen LogP) is 4.21. The fourth-order valence-electron chi connectivity index (χ4n) is 6.84. The predicted molar refractivity (Wildman–Crippen MR) is 154 cm³/mol. The van der Waals surface area contributed by atoms with Gasteiger partial charge in [-0.15, -0.1) is 24.9 Å². The second kappa shape index (κ2) is 12.7. The van der Waals surface area contributed by atoms with Crippen LogP contribution in [0.2, 0.25) is 0 Å². The molecule has 2 bridgehead atoms. The number of thioether (sulfide) groups is 1. The summed E-state index contributed by atoms with van der Waals surface area (Å²) in [6.45, 7) is 12.4. The van der Waals surface area contributed by atoms with E-state index >= 15 is 0 Å². The molecule has 0 radical (unpaired) electrons. The molecule has 0 saturated carbocycles. The van der Waals surface area contributed by atoms with Crippen molar-refractivity contribution in [1.29, 1.82) is 0 Å². The van der Waals surface area contributed by atoms with Gasteiger partial charge in [0.2, 0.25) is 11.8 Å². The number of ether oxygens (including phenoxy) is 1. The van der Waals surface area contributed by atoms with E-state index in [9.17, 15) is 19.5 Å². The fraction of sp³-hybridized carbons (Fsp3) is 0.581. The van der Waals surface area contributed by atoms with Gasteiger partial charge < -0.3 is 19.6 Å². The molecule has 1 spiro atoms. The summed E-state index contributed by atoms with van der Waals surface area (Å²) < 4.78 is 4.96. The number of unbranched alkanes of at least 4 members (excludes halogenated alkanes) is 2. The molecular formula is C31H42N2O5S. The normalized spacial score (nSPS) is 29.7. The second-order valence-corrected chi connectivity index (χ2v) is 12.5. The standard InChI is InChI=1S/C31H42N2O5S/c1-5-8-9-13-17-38-30(37)25-24-18-21(4)31(39-24)26(25)28(35)33(23(7-3)20-34)27(31)29(36)32(16-6-2)19-22-14-11-10-12-15-22/h5-6,10-12,14-15,21,23-27,34H,1-2,7-9,13,16-20H2,3-4H3/t21?,23-,24-,25+,26-,27?,31?/m0/s1. The number of allylic oxidation sites excluding steroid dienone is 1. The number of amides is 2. The molecule has 39 heavy (non-hydrogen) atoms. The Kier molecular flexibility index (Phi) is 9.60. The lowest BCUT2D eigenvalue weighted by molar-refractivity contribution is -0.155. The van der Waals surface area contributed by atoms with Gasteiger partial charge in [0.15, 0.2) is 0 Å². The first-order valence-electron chi connectivity index (χ1n) is 14.2. The number of hydrogen-bond acceptors (Lipinski definition) is 6. The fourth-order valence-corrected chi connectivity index (χ4v) is 9.23. The van der Waals surface area contributed by atoms with Crippen molar-refractivity contribution in [1.82, 2.24) is 9.80 Å². The van der Waals surface area contributed by atoms with Crippen LogP contribution in [0.4, 0.5) is 0 Å². The van der Waals surface area contributed by atoms with Crippen LogP contribution in [-0.4, -0.2) is 74.5 Å². The number of rotatable bonds is 14. The van der Waals surface area contributed by atoms with Crippen LogP contribution in [0, 0.1) is 17.8 Å². The van der Waals surface area contributed by atoms with Crippen LogP contribution in [0.5, 0.6) is 0 Å². The molecule has 1 aromatic carbocycles. The van der Waals surface area contributed by atoms with Crippen molar-refractivity contribution in [2.75, 3.05) is 19.8 Å². The summed E-state index contributed by atoms with van der Waals surface area (Å²) in [5, 5.41) is 10.2. The minimum Gasteiger partial charge on any atom is -0.465 e. The molecule has 3 aliphatic rings. The van der Waals surface area contributed by atoms with E-state index in [2.05, 4.69) is 20.1 Å². The molecule has 4 rings (SSSR count). The van der Waals surface area contributed by atoms with Crippen LogP contribution in [0.1, 0.15) is 51.5 Å². The lowest BCUT2D eigenvalue weighted by atomic mass is 9.66. The average molecular weight is 555 g/mol. The van der Waals surface area contributed by atoms with Crippen LogP contribution < -0.4 is 0 Å². The first-order chi connectivity index (χ1) is 18.8. The third-order valence-corrected chi connectivity index (χ3v) is 10.8. The zero-order valence-corrected chi connectivity index (χ0v) is 24.0. The molecule has 7 nitrogen and oxygen atoms in total. The number of fused-ring (bicyclic) bond motifs is 1. The third kappa shape index (κ3) is 5.30. The molecule has 0 aliphatic carbocycles. The molecule has 1 N–H and O–H groups in total. The van der Waals surface area contributed by atoms with Gasteiger partial charge in [-0.3, -0.25) is 14.4 Å². The maximum absolute atomic E-state index is 14.5. The molecule has 3 aliphatic heterocycles. The third-order valence-electron chi connectivity index (χ3n) is 8.69. The molecule has 0 aromatic heterocycles. The van der Waals surface area contributed by atoms with E-state index in [4.69, 9.17) is 4.74 Å². The Hall–Kier alpha value is -2.58. The van der Waals surface area contributed by atoms with Crippen LogP contribution in [0.25, 0.3) is 0 Å². The number of aliphatic hydroxyl groups excluding tert-OH is 1. The lowest BCUT2D eigenvalue weighted by Gasteiger charge is -2.42. The van der Waals surface area contributed by atoms with Crippen LogP contribution >= 0.6 is 11.8 Å². The summed E-state index contributed by atoms with van der Waals surface area (Å²) >= 11 is 1.63. The van der Waals surface area contributed by atoms with Crippen LogP contribution in [0.3, 0.4) is 0 Å². The lowest BCUT2D eigenvalue weighted by Crippen LogP contribution is -2.59. The Bertz CT molecular complexity index is 1060. The highest BCUT2D eigenvalue weighted by atomic mass is 32.2. The van der Waals surface area contributed by atoms with Gasteiger partial charge in [0.1, 0.15) is 6.04 Å². The molecule has 1 aromatic rings. The van der Waals surface area contributed by atoms with Crippen molar-refractivity contribution < 1.29 is 24.2 Å². The van der Waals surface area contributed by atoms with E-state index in [-0.39, 0.29) is 35.6 Å². The van der Waals surface area contributed by atoms with Gasteiger partial charge in [0.25, 0.3) is 0 Å². The smallest absolute Gasteiger partial charge is 0.310 e. The number of carbonyl (C=O) groups is 3. The summed E-state index contributed by atoms with van der Waals surface area (Å²) in [7, 11) is 0. The molecule has 7 atom stereocenters. The average Bonchev–Trinajstić information content (AvgIpc) is 3.53. The number of benzene rings is 1. The monoisotopic (exact) mass is 554 g/mol. The number of likely N-dealkylation sites (tertiary alicyclic amines) is 1. The number of carbonyl (C=O) groups excluding carboxylic acids is 3. The van der Waals surface area contributed by atoms with Gasteiger partial charge in [-0.2, -0.15) is 0 Å². The highest BCUT2D eigenvalue weighted by molar-refractivity contribution is 8.02. The van der Waals surface area contributed by atoms with Gasteiger partial charge in [0.05, 0.1) is 35.8 Å². The summed E-state index contributed by atoms with van der Waals surface area (Å²) in [5.41, 5.74) is 0.987. The Morgan fingerprint density at radius 2 is 2.00 bits per heavy atom. The zero-order valence-electron chi connectivity index (χ0n) is 23.2. The van der Waals surface area contributed by atoms with Crippen molar-refractivity contribution in [3.05, 3.63) is 61.2 Å². The second-order valence-electron chi connectivity index (χ2n) is 11.0. The van der Waals surface area contributed by atoms with Gasteiger partial charge in [0, 0.05) is 18.3 Å². The van der Waals surface area contributed by atoms with Gasteiger partial charge in [-0.1, -0.05) is 56.3 Å². The Balaban J connectivity index is 1.69. The molecule has 212 valence electrons. The van der Waals surface area contributed by atoms with Crippen molar-refractivity contribution in [2.24, 2.45) is 17.8 Å². The van der Waals surface area contributed by atoms with E-state index in [1.165, 1.54) is 0 Å². The maximum atomic E-state index is 14.5. The van der Waals surface area contributed by atoms with Crippen LogP contribution in [0.15, 0.2) is 55.6 Å². The molecule has 3 unspecified atom stereocenters.